The number of esters is 1. The molecule has 1 heterocycles. The minimum atomic E-state index is -0.0530. The van der Waals surface area contributed by atoms with Crippen LogP contribution in [0.1, 0.15) is 25.3 Å². The first-order valence-electron chi connectivity index (χ1n) is 8.97. The normalized spacial score (nSPS) is 15.0. The van der Waals surface area contributed by atoms with E-state index in [1.165, 1.54) is 0 Å². The lowest BCUT2D eigenvalue weighted by atomic mass is 9.97. The number of likely N-dealkylation sites (tertiary alicyclic amines) is 1. The zero-order valence-electron chi connectivity index (χ0n) is 15.7. The van der Waals surface area contributed by atoms with Gasteiger partial charge in [-0.3, -0.25) is 9.69 Å². The summed E-state index contributed by atoms with van der Waals surface area (Å²) in [6, 6.07) is 5.97. The minimum Gasteiger partial charge on any atom is -0.493 e. The molecule has 0 radical (unpaired) electrons. The predicted octanol–water partition coefficient (Wildman–Crippen LogP) is 3.50. The molecule has 5 nitrogen and oxygen atoms in total. The summed E-state index contributed by atoms with van der Waals surface area (Å²) in [5, 5.41) is 0. The van der Waals surface area contributed by atoms with Crippen LogP contribution >= 0.6 is 12.4 Å². The van der Waals surface area contributed by atoms with E-state index in [0.717, 1.165) is 56.0 Å². The molecule has 26 heavy (non-hydrogen) atoms. The summed E-state index contributed by atoms with van der Waals surface area (Å²) < 4.78 is 16.4. The summed E-state index contributed by atoms with van der Waals surface area (Å²) in [7, 11) is 1.65. The zero-order valence-corrected chi connectivity index (χ0v) is 16.6. The van der Waals surface area contributed by atoms with Crippen molar-refractivity contribution in [2.45, 2.75) is 26.2 Å². The molecule has 6 heteroatoms. The van der Waals surface area contributed by atoms with Crippen molar-refractivity contribution >= 4 is 18.4 Å². The molecule has 1 aliphatic rings. The van der Waals surface area contributed by atoms with Gasteiger partial charge in [0.2, 0.25) is 0 Å². The number of rotatable bonds is 9. The van der Waals surface area contributed by atoms with Gasteiger partial charge in [-0.05, 0) is 57.0 Å². The van der Waals surface area contributed by atoms with Crippen molar-refractivity contribution in [3.8, 4) is 11.5 Å². The number of allylic oxidation sites excluding steroid dienone is 1. The number of benzene rings is 1. The Labute approximate surface area is 162 Å². The average Bonchev–Trinajstić information content (AvgIpc) is 2.63. The number of halogens is 1. The standard InChI is InChI=1S/C20H29NO4.ClH/c1-4-6-16-7-8-18(19(15-16)23-3)25-14-13-21-11-9-17(10-12-21)20(22)24-5-2;/h4,7-8,15,17H,1,5-6,9-14H2,2-3H3;1H. The van der Waals surface area contributed by atoms with Crippen LogP contribution in [0.4, 0.5) is 0 Å². The van der Waals surface area contributed by atoms with Gasteiger partial charge in [-0.25, -0.2) is 0 Å². The molecule has 0 amide bonds. The van der Waals surface area contributed by atoms with Crippen LogP contribution in [0, 0.1) is 5.92 Å². The van der Waals surface area contributed by atoms with Gasteiger partial charge in [0.25, 0.3) is 0 Å². The van der Waals surface area contributed by atoms with Gasteiger partial charge in [0.1, 0.15) is 6.61 Å². The SMILES string of the molecule is C=CCc1ccc(OCCN2CCC(C(=O)OCC)CC2)c(OC)c1.Cl. The fourth-order valence-corrected chi connectivity index (χ4v) is 3.06. The van der Waals surface area contributed by atoms with Crippen molar-refractivity contribution in [1.82, 2.24) is 4.90 Å². The Hall–Kier alpha value is -1.72. The van der Waals surface area contributed by atoms with Gasteiger partial charge in [0, 0.05) is 6.54 Å². The Morgan fingerprint density at radius 3 is 2.65 bits per heavy atom. The minimum absolute atomic E-state index is 0. The van der Waals surface area contributed by atoms with Crippen molar-refractivity contribution in [2.24, 2.45) is 5.92 Å². The molecule has 1 fully saturated rings. The molecule has 0 bridgehead atoms. The van der Waals surface area contributed by atoms with Gasteiger partial charge in [-0.15, -0.1) is 19.0 Å². The highest BCUT2D eigenvalue weighted by Crippen LogP contribution is 2.28. The molecule has 1 aromatic rings. The summed E-state index contributed by atoms with van der Waals surface area (Å²) in [6.45, 7) is 9.31. The van der Waals surface area contributed by atoms with Crippen molar-refractivity contribution < 1.29 is 19.0 Å². The Balaban J connectivity index is 0.00000338. The first-order valence-corrected chi connectivity index (χ1v) is 8.97. The van der Waals surface area contributed by atoms with E-state index >= 15 is 0 Å². The highest BCUT2D eigenvalue weighted by molar-refractivity contribution is 5.85. The number of hydrogen-bond donors (Lipinski definition) is 0. The maximum absolute atomic E-state index is 11.8. The summed E-state index contributed by atoms with van der Waals surface area (Å²) >= 11 is 0. The maximum atomic E-state index is 11.8. The van der Waals surface area contributed by atoms with Crippen molar-refractivity contribution in [1.29, 1.82) is 0 Å². The number of nitrogens with zero attached hydrogens (tertiary/aromatic N) is 1. The highest BCUT2D eigenvalue weighted by Gasteiger charge is 2.25. The Morgan fingerprint density at radius 2 is 2.04 bits per heavy atom. The van der Waals surface area contributed by atoms with Gasteiger partial charge < -0.3 is 14.2 Å². The third-order valence-corrected chi connectivity index (χ3v) is 4.48. The van der Waals surface area contributed by atoms with E-state index in [1.54, 1.807) is 7.11 Å². The Kier molecular flexibility index (Phi) is 10.1. The van der Waals surface area contributed by atoms with E-state index < -0.39 is 0 Å². The van der Waals surface area contributed by atoms with Crippen LogP contribution in [0.5, 0.6) is 11.5 Å². The molecule has 0 saturated carbocycles. The van der Waals surface area contributed by atoms with Crippen molar-refractivity contribution in [2.75, 3.05) is 40.0 Å². The molecule has 0 spiro atoms. The average molecular weight is 384 g/mol. The fraction of sp³-hybridized carbons (Fsp3) is 0.550. The largest absolute Gasteiger partial charge is 0.493 e. The second kappa shape index (κ2) is 11.8. The number of ether oxygens (including phenoxy) is 3. The number of methoxy groups -OCH3 is 1. The van der Waals surface area contributed by atoms with Gasteiger partial charge in [-0.1, -0.05) is 12.1 Å². The van der Waals surface area contributed by atoms with E-state index in [9.17, 15) is 4.79 Å². The van der Waals surface area contributed by atoms with Crippen molar-refractivity contribution in [3.05, 3.63) is 36.4 Å². The van der Waals surface area contributed by atoms with Crippen LogP contribution in [0.2, 0.25) is 0 Å². The molecular weight excluding hydrogens is 354 g/mol. The highest BCUT2D eigenvalue weighted by atomic mass is 35.5. The molecule has 146 valence electrons. The molecule has 0 N–H and O–H groups in total. The van der Waals surface area contributed by atoms with E-state index in [4.69, 9.17) is 14.2 Å². The summed E-state index contributed by atoms with van der Waals surface area (Å²) in [4.78, 5) is 14.1. The third-order valence-electron chi connectivity index (χ3n) is 4.48. The maximum Gasteiger partial charge on any atom is 0.309 e. The number of carbonyl (C=O) groups is 1. The van der Waals surface area contributed by atoms with Gasteiger partial charge in [0.15, 0.2) is 11.5 Å². The van der Waals surface area contributed by atoms with Crippen LogP contribution in [-0.4, -0.2) is 50.8 Å². The van der Waals surface area contributed by atoms with Gasteiger partial charge in [-0.2, -0.15) is 0 Å². The van der Waals surface area contributed by atoms with E-state index in [0.29, 0.717) is 13.2 Å². The number of carbonyl (C=O) groups excluding carboxylic acids is 1. The molecular formula is C20H30ClNO4. The van der Waals surface area contributed by atoms with E-state index in [2.05, 4.69) is 11.5 Å². The lowest BCUT2D eigenvalue weighted by Gasteiger charge is -2.30. The van der Waals surface area contributed by atoms with E-state index in [-0.39, 0.29) is 24.3 Å². The smallest absolute Gasteiger partial charge is 0.309 e. The fourth-order valence-electron chi connectivity index (χ4n) is 3.06. The van der Waals surface area contributed by atoms with Crippen LogP contribution in [-0.2, 0) is 16.0 Å². The molecule has 2 rings (SSSR count). The van der Waals surface area contributed by atoms with Crippen LogP contribution in [0.15, 0.2) is 30.9 Å². The molecule has 1 aliphatic heterocycles. The lowest BCUT2D eigenvalue weighted by molar-refractivity contribution is -0.149. The quantitative estimate of drug-likeness (QED) is 0.482. The number of hydrogen-bond acceptors (Lipinski definition) is 5. The second-order valence-electron chi connectivity index (χ2n) is 6.19. The summed E-state index contributed by atoms with van der Waals surface area (Å²) in [6.07, 6.45) is 4.40. The summed E-state index contributed by atoms with van der Waals surface area (Å²) in [5.41, 5.74) is 1.15. The van der Waals surface area contributed by atoms with Gasteiger partial charge >= 0.3 is 5.97 Å². The van der Waals surface area contributed by atoms with Crippen LogP contribution in [0.25, 0.3) is 0 Å². The predicted molar refractivity (Wildman–Crippen MR) is 105 cm³/mol. The van der Waals surface area contributed by atoms with E-state index in [1.807, 2.05) is 31.2 Å². The molecule has 0 unspecified atom stereocenters. The van der Waals surface area contributed by atoms with Crippen molar-refractivity contribution in [3.63, 3.8) is 0 Å². The topological polar surface area (TPSA) is 48.0 Å². The summed E-state index contributed by atoms with van der Waals surface area (Å²) in [5.74, 6) is 1.51. The lowest BCUT2D eigenvalue weighted by Crippen LogP contribution is -2.39. The monoisotopic (exact) mass is 383 g/mol. The first-order chi connectivity index (χ1) is 12.2. The second-order valence-corrected chi connectivity index (χ2v) is 6.19. The molecule has 0 aliphatic carbocycles. The molecule has 0 aromatic heterocycles. The Morgan fingerprint density at radius 1 is 1.31 bits per heavy atom. The zero-order chi connectivity index (χ0) is 18.1. The Bertz CT molecular complexity index is 571. The molecule has 0 atom stereocenters. The van der Waals surface area contributed by atoms with Crippen LogP contribution < -0.4 is 9.47 Å². The third kappa shape index (κ3) is 6.54. The first kappa shape index (κ1) is 22.3. The van der Waals surface area contributed by atoms with Gasteiger partial charge in [0.05, 0.1) is 19.6 Å². The number of piperidine rings is 1. The van der Waals surface area contributed by atoms with Crippen LogP contribution in [0.3, 0.4) is 0 Å². The molecule has 1 aromatic carbocycles. The molecule has 1 saturated heterocycles.